The first-order chi connectivity index (χ1) is 13.5. The predicted molar refractivity (Wildman–Crippen MR) is 108 cm³/mol. The molecule has 28 heavy (non-hydrogen) atoms. The Hall–Kier alpha value is -2.74. The molecule has 1 heterocycles. The summed E-state index contributed by atoms with van der Waals surface area (Å²) in [6, 6.07) is 8.70. The van der Waals surface area contributed by atoms with Crippen molar-refractivity contribution in [2.24, 2.45) is 0 Å². The summed E-state index contributed by atoms with van der Waals surface area (Å²) in [6.07, 6.45) is 0.598. The van der Waals surface area contributed by atoms with Gasteiger partial charge in [0.2, 0.25) is 6.10 Å². The maximum absolute atomic E-state index is 11.7. The molecule has 0 unspecified atom stereocenters. The zero-order valence-electron chi connectivity index (χ0n) is 15.7. The number of ether oxygens (including phenoxy) is 4. The summed E-state index contributed by atoms with van der Waals surface area (Å²) >= 11 is 3.38. The summed E-state index contributed by atoms with van der Waals surface area (Å²) in [5.41, 5.74) is 1.09. The van der Waals surface area contributed by atoms with Crippen molar-refractivity contribution in [3.63, 3.8) is 0 Å². The van der Waals surface area contributed by atoms with Gasteiger partial charge in [0.1, 0.15) is 0 Å². The number of hydrogen-bond donors (Lipinski definition) is 0. The van der Waals surface area contributed by atoms with Crippen molar-refractivity contribution in [2.45, 2.75) is 20.0 Å². The van der Waals surface area contributed by atoms with Crippen molar-refractivity contribution in [1.29, 1.82) is 0 Å². The SMILES string of the molecule is CCOc1ccc([C@H]2Oc3c(cc(Br)cc3OC)C=C2[N+](=O)[O-])cc1OCC. The zero-order chi connectivity index (χ0) is 20.3. The third-order valence-electron chi connectivity index (χ3n) is 4.16. The third-order valence-corrected chi connectivity index (χ3v) is 4.61. The van der Waals surface area contributed by atoms with Crippen molar-refractivity contribution in [3.8, 4) is 23.0 Å². The van der Waals surface area contributed by atoms with Gasteiger partial charge < -0.3 is 18.9 Å². The lowest BCUT2D eigenvalue weighted by molar-refractivity contribution is -0.434. The standard InChI is InChI=1S/C20H20BrNO6/c1-4-26-16-7-6-12(10-17(16)27-5-2)19-15(22(23)24)9-13-8-14(21)11-18(25-3)20(13)28-19/h6-11,19H,4-5H2,1-3H3/t19-/m1/s1. The van der Waals surface area contributed by atoms with Gasteiger partial charge in [-0.05, 0) is 38.1 Å². The minimum Gasteiger partial charge on any atom is -0.493 e. The van der Waals surface area contributed by atoms with Crippen molar-refractivity contribution in [3.05, 3.63) is 61.7 Å². The van der Waals surface area contributed by atoms with Crippen LogP contribution < -0.4 is 18.9 Å². The molecule has 7 nitrogen and oxygen atoms in total. The van der Waals surface area contributed by atoms with Crippen LogP contribution in [0, 0.1) is 10.1 Å². The second kappa shape index (κ2) is 8.52. The summed E-state index contributed by atoms with van der Waals surface area (Å²) in [5, 5.41) is 11.7. The Kier molecular flexibility index (Phi) is 6.08. The van der Waals surface area contributed by atoms with Crippen LogP contribution in [0.25, 0.3) is 6.08 Å². The molecule has 0 fully saturated rings. The predicted octanol–water partition coefficient (Wildman–Crippen LogP) is 5.01. The normalized spacial score (nSPS) is 15.1. The summed E-state index contributed by atoms with van der Waals surface area (Å²) in [5.74, 6) is 2.04. The monoisotopic (exact) mass is 449 g/mol. The van der Waals surface area contributed by atoms with Crippen molar-refractivity contribution >= 4 is 22.0 Å². The van der Waals surface area contributed by atoms with Crippen LogP contribution >= 0.6 is 15.9 Å². The van der Waals surface area contributed by atoms with Crippen molar-refractivity contribution in [2.75, 3.05) is 20.3 Å². The number of halogens is 1. The molecule has 1 atom stereocenters. The second-order valence-electron chi connectivity index (χ2n) is 5.92. The lowest BCUT2D eigenvalue weighted by Gasteiger charge is -2.25. The molecule has 0 saturated heterocycles. The summed E-state index contributed by atoms with van der Waals surface area (Å²) < 4.78 is 23.4. The number of hydrogen-bond acceptors (Lipinski definition) is 6. The van der Waals surface area contributed by atoms with Crippen molar-refractivity contribution < 1.29 is 23.9 Å². The fraction of sp³-hybridized carbons (Fsp3) is 0.300. The van der Waals surface area contributed by atoms with E-state index in [1.165, 1.54) is 13.2 Å². The second-order valence-corrected chi connectivity index (χ2v) is 6.84. The van der Waals surface area contributed by atoms with Crippen LogP contribution in [0.5, 0.6) is 23.0 Å². The molecule has 0 N–H and O–H groups in total. The molecule has 2 aromatic carbocycles. The maximum atomic E-state index is 11.7. The highest BCUT2D eigenvalue weighted by Crippen LogP contribution is 2.45. The highest BCUT2D eigenvalue weighted by molar-refractivity contribution is 9.10. The average Bonchev–Trinajstić information content (AvgIpc) is 2.68. The van der Waals surface area contributed by atoms with E-state index in [1.54, 1.807) is 30.3 Å². The third kappa shape index (κ3) is 3.91. The van der Waals surface area contributed by atoms with Gasteiger partial charge >= 0.3 is 0 Å². The van der Waals surface area contributed by atoms with Gasteiger partial charge in [0.25, 0.3) is 5.70 Å². The van der Waals surface area contributed by atoms with E-state index >= 15 is 0 Å². The number of benzene rings is 2. The molecule has 1 aliphatic rings. The van der Waals surface area contributed by atoms with Crippen LogP contribution in [0.15, 0.2) is 40.5 Å². The Labute approximate surface area is 171 Å². The Morgan fingerprint density at radius 2 is 1.82 bits per heavy atom. The molecule has 148 valence electrons. The Balaban J connectivity index is 2.09. The minimum absolute atomic E-state index is 0.0701. The molecule has 0 aromatic heterocycles. The molecule has 0 amide bonds. The molecule has 0 aliphatic carbocycles. The van der Waals surface area contributed by atoms with E-state index in [1.807, 2.05) is 13.8 Å². The van der Waals surface area contributed by atoms with Gasteiger partial charge in [-0.25, -0.2) is 0 Å². The number of methoxy groups -OCH3 is 1. The first-order valence-corrected chi connectivity index (χ1v) is 9.57. The Morgan fingerprint density at radius 3 is 2.46 bits per heavy atom. The lowest BCUT2D eigenvalue weighted by atomic mass is 10.00. The highest BCUT2D eigenvalue weighted by atomic mass is 79.9. The van der Waals surface area contributed by atoms with Crippen LogP contribution in [0.3, 0.4) is 0 Å². The molecule has 8 heteroatoms. The fourth-order valence-corrected chi connectivity index (χ4v) is 3.46. The fourth-order valence-electron chi connectivity index (χ4n) is 3.01. The van der Waals surface area contributed by atoms with E-state index in [0.29, 0.717) is 47.3 Å². The van der Waals surface area contributed by atoms with Crippen molar-refractivity contribution in [1.82, 2.24) is 0 Å². The van der Waals surface area contributed by atoms with Crippen LogP contribution in [0.4, 0.5) is 0 Å². The minimum atomic E-state index is -0.910. The van der Waals surface area contributed by atoms with Crippen LogP contribution in [-0.4, -0.2) is 25.2 Å². The van der Waals surface area contributed by atoms with E-state index in [-0.39, 0.29) is 5.70 Å². The molecule has 0 spiro atoms. The molecule has 1 aliphatic heterocycles. The number of nitrogens with zero attached hydrogens (tertiary/aromatic N) is 1. The summed E-state index contributed by atoms with van der Waals surface area (Å²) in [4.78, 5) is 11.3. The molecule has 0 radical (unpaired) electrons. The molecule has 0 saturated carbocycles. The molecule has 0 bridgehead atoms. The largest absolute Gasteiger partial charge is 0.493 e. The van der Waals surface area contributed by atoms with Gasteiger partial charge in [0.05, 0.1) is 25.2 Å². The van der Waals surface area contributed by atoms with E-state index < -0.39 is 11.0 Å². The van der Waals surface area contributed by atoms with Crippen LogP contribution in [0.2, 0.25) is 0 Å². The van der Waals surface area contributed by atoms with Crippen LogP contribution in [0.1, 0.15) is 31.1 Å². The number of nitro groups is 1. The first kappa shape index (κ1) is 20.0. The van der Waals surface area contributed by atoms with Crippen LogP contribution in [-0.2, 0) is 0 Å². The molecular formula is C20H20BrNO6. The molecule has 2 aromatic rings. The van der Waals surface area contributed by atoms with Gasteiger partial charge in [-0.3, -0.25) is 10.1 Å². The van der Waals surface area contributed by atoms with Gasteiger partial charge in [-0.2, -0.15) is 0 Å². The average molecular weight is 450 g/mol. The van der Waals surface area contributed by atoms with Gasteiger partial charge in [0.15, 0.2) is 23.0 Å². The highest BCUT2D eigenvalue weighted by Gasteiger charge is 2.35. The van der Waals surface area contributed by atoms with Gasteiger partial charge in [-0.15, -0.1) is 0 Å². The Bertz CT molecular complexity index is 927. The van der Waals surface area contributed by atoms with E-state index in [9.17, 15) is 10.1 Å². The first-order valence-electron chi connectivity index (χ1n) is 8.78. The van der Waals surface area contributed by atoms with Gasteiger partial charge in [-0.1, -0.05) is 22.0 Å². The summed E-state index contributed by atoms with van der Waals surface area (Å²) in [7, 11) is 1.53. The number of rotatable bonds is 7. The smallest absolute Gasteiger partial charge is 0.291 e. The maximum Gasteiger partial charge on any atom is 0.291 e. The van der Waals surface area contributed by atoms with E-state index in [2.05, 4.69) is 15.9 Å². The topological polar surface area (TPSA) is 80.1 Å². The van der Waals surface area contributed by atoms with E-state index in [4.69, 9.17) is 18.9 Å². The lowest BCUT2D eigenvalue weighted by Crippen LogP contribution is -2.20. The molecular weight excluding hydrogens is 430 g/mol. The molecule has 3 rings (SSSR count). The summed E-state index contributed by atoms with van der Waals surface area (Å²) in [6.45, 7) is 4.67. The van der Waals surface area contributed by atoms with E-state index in [0.717, 1.165) is 4.47 Å². The zero-order valence-corrected chi connectivity index (χ0v) is 17.3. The Morgan fingerprint density at radius 1 is 1.11 bits per heavy atom. The van der Waals surface area contributed by atoms with Gasteiger partial charge in [0, 0.05) is 21.7 Å². The number of fused-ring (bicyclic) bond motifs is 1. The quantitative estimate of drug-likeness (QED) is 0.436.